The monoisotopic (exact) mass is 237 g/mol. The van der Waals surface area contributed by atoms with E-state index in [9.17, 15) is 4.79 Å². The van der Waals surface area contributed by atoms with E-state index < -0.39 is 0 Å². The van der Waals surface area contributed by atoms with Gasteiger partial charge in [0.05, 0.1) is 6.54 Å². The molecule has 0 heterocycles. The lowest BCUT2D eigenvalue weighted by Crippen LogP contribution is -2.19. The van der Waals surface area contributed by atoms with Crippen molar-refractivity contribution in [1.82, 2.24) is 5.32 Å². The number of halogens is 1. The molecule has 1 aliphatic rings. The summed E-state index contributed by atoms with van der Waals surface area (Å²) in [4.78, 5) is 11.8. The van der Waals surface area contributed by atoms with Crippen LogP contribution in [0.4, 0.5) is 0 Å². The number of benzene rings is 1. The number of nitrogens with one attached hydrogen (secondary N) is 1. The quantitative estimate of drug-likeness (QED) is 0.819. The van der Waals surface area contributed by atoms with Gasteiger partial charge in [-0.05, 0) is 56.0 Å². The Morgan fingerprint density at radius 3 is 2.88 bits per heavy atom. The van der Waals surface area contributed by atoms with Crippen LogP contribution in [0.1, 0.15) is 34.3 Å². The highest BCUT2D eigenvalue weighted by atomic mass is 35.5. The summed E-state index contributed by atoms with van der Waals surface area (Å²) in [5.74, 6) is 0.109. The predicted molar refractivity (Wildman–Crippen MR) is 66.4 cm³/mol. The molecule has 0 atom stereocenters. The van der Waals surface area contributed by atoms with Gasteiger partial charge in [-0.1, -0.05) is 11.6 Å². The number of rotatable bonds is 3. The van der Waals surface area contributed by atoms with Crippen molar-refractivity contribution in [2.45, 2.75) is 25.7 Å². The summed E-state index contributed by atoms with van der Waals surface area (Å²) in [6.45, 7) is 0.370. The second-order valence-corrected chi connectivity index (χ2v) is 4.66. The number of fused-ring (bicyclic) bond motifs is 1. The third-order valence-corrected chi connectivity index (χ3v) is 3.41. The van der Waals surface area contributed by atoms with E-state index >= 15 is 0 Å². The third kappa shape index (κ3) is 2.28. The molecule has 0 bridgehead atoms. The van der Waals surface area contributed by atoms with Crippen LogP contribution in [0.25, 0.3) is 0 Å². The van der Waals surface area contributed by atoms with Crippen molar-refractivity contribution < 1.29 is 4.79 Å². The lowest BCUT2D eigenvalue weighted by Gasteiger charge is -2.18. The maximum absolute atomic E-state index is 11.8. The zero-order chi connectivity index (χ0) is 11.5. The van der Waals surface area contributed by atoms with Crippen LogP contribution < -0.4 is 5.32 Å². The molecule has 2 nitrogen and oxygen atoms in total. The normalized spacial score (nSPS) is 14.6. The molecule has 0 saturated carbocycles. The average molecular weight is 238 g/mol. The first-order valence-electron chi connectivity index (χ1n) is 5.71. The van der Waals surface area contributed by atoms with Gasteiger partial charge in [0.15, 0.2) is 5.78 Å². The van der Waals surface area contributed by atoms with Gasteiger partial charge in [0, 0.05) is 10.6 Å². The van der Waals surface area contributed by atoms with Gasteiger partial charge in [0.25, 0.3) is 0 Å². The molecular formula is C13H16ClNO. The Balaban J connectivity index is 2.35. The zero-order valence-electron chi connectivity index (χ0n) is 9.48. The summed E-state index contributed by atoms with van der Waals surface area (Å²) >= 11 is 6.22. The number of hydrogen-bond donors (Lipinski definition) is 1. The van der Waals surface area contributed by atoms with Crippen molar-refractivity contribution >= 4 is 17.4 Å². The standard InChI is InChI=1S/C13H16ClNO/c1-15-8-13(16)10-6-9-4-2-3-5-11(9)12(14)7-10/h6-7,15H,2-5,8H2,1H3. The summed E-state index contributed by atoms with van der Waals surface area (Å²) in [6.07, 6.45) is 4.51. The highest BCUT2D eigenvalue weighted by Gasteiger charge is 2.16. The molecule has 0 aliphatic heterocycles. The van der Waals surface area contributed by atoms with Crippen LogP contribution in [0.5, 0.6) is 0 Å². The van der Waals surface area contributed by atoms with Crippen LogP contribution in [-0.2, 0) is 12.8 Å². The van der Waals surface area contributed by atoms with Gasteiger partial charge in [0.1, 0.15) is 0 Å². The van der Waals surface area contributed by atoms with E-state index in [0.717, 1.165) is 23.4 Å². The van der Waals surface area contributed by atoms with Gasteiger partial charge in [-0.15, -0.1) is 0 Å². The number of aryl methyl sites for hydroxylation is 1. The van der Waals surface area contributed by atoms with Crippen molar-refractivity contribution in [2.75, 3.05) is 13.6 Å². The van der Waals surface area contributed by atoms with Crippen molar-refractivity contribution in [3.05, 3.63) is 33.8 Å². The molecule has 1 aromatic rings. The third-order valence-electron chi connectivity index (χ3n) is 3.07. The molecule has 1 N–H and O–H groups in total. The summed E-state index contributed by atoms with van der Waals surface area (Å²) in [6, 6.07) is 3.82. The minimum atomic E-state index is 0.109. The molecule has 0 spiro atoms. The van der Waals surface area contributed by atoms with Gasteiger partial charge in [-0.3, -0.25) is 4.79 Å². The Labute approximate surface area is 101 Å². The van der Waals surface area contributed by atoms with Crippen molar-refractivity contribution in [3.63, 3.8) is 0 Å². The Hall–Kier alpha value is -0.860. The highest BCUT2D eigenvalue weighted by molar-refractivity contribution is 6.32. The number of likely N-dealkylation sites (N-methyl/N-ethyl adjacent to an activating group) is 1. The van der Waals surface area contributed by atoms with Gasteiger partial charge in [-0.25, -0.2) is 0 Å². The number of ketones is 1. The SMILES string of the molecule is CNCC(=O)c1cc(Cl)c2c(c1)CCCC2. The van der Waals surface area contributed by atoms with Crippen molar-refractivity contribution in [1.29, 1.82) is 0 Å². The smallest absolute Gasteiger partial charge is 0.176 e. The van der Waals surface area contributed by atoms with E-state index in [1.165, 1.54) is 24.0 Å². The Morgan fingerprint density at radius 1 is 1.38 bits per heavy atom. The van der Waals surface area contributed by atoms with Crippen LogP contribution in [0.2, 0.25) is 5.02 Å². The molecule has 86 valence electrons. The maximum atomic E-state index is 11.8. The van der Waals surface area contributed by atoms with Gasteiger partial charge < -0.3 is 5.32 Å². The van der Waals surface area contributed by atoms with Gasteiger partial charge in [0.2, 0.25) is 0 Å². The second-order valence-electron chi connectivity index (χ2n) is 4.26. The molecule has 3 heteroatoms. The molecule has 0 aromatic heterocycles. The first-order valence-corrected chi connectivity index (χ1v) is 6.09. The summed E-state index contributed by atoms with van der Waals surface area (Å²) in [7, 11) is 1.78. The van der Waals surface area contributed by atoms with Crippen LogP contribution in [0.15, 0.2) is 12.1 Å². The van der Waals surface area contributed by atoms with E-state index in [1.807, 2.05) is 12.1 Å². The van der Waals surface area contributed by atoms with E-state index in [0.29, 0.717) is 6.54 Å². The molecule has 1 aliphatic carbocycles. The number of hydrogen-bond acceptors (Lipinski definition) is 2. The van der Waals surface area contributed by atoms with E-state index in [4.69, 9.17) is 11.6 Å². The van der Waals surface area contributed by atoms with E-state index in [2.05, 4.69) is 5.32 Å². The number of Topliss-reactive ketones (excluding diaryl/α,β-unsaturated/α-hetero) is 1. The van der Waals surface area contributed by atoms with Crippen LogP contribution in [0, 0.1) is 0 Å². The first kappa shape index (κ1) is 11.6. The molecule has 2 rings (SSSR count). The second kappa shape index (κ2) is 4.98. The minimum absolute atomic E-state index is 0.109. The molecule has 16 heavy (non-hydrogen) atoms. The van der Waals surface area contributed by atoms with Crippen LogP contribution in [-0.4, -0.2) is 19.4 Å². The lowest BCUT2D eigenvalue weighted by atomic mass is 9.89. The van der Waals surface area contributed by atoms with Crippen molar-refractivity contribution in [3.8, 4) is 0 Å². The lowest BCUT2D eigenvalue weighted by molar-refractivity contribution is 0.0993. The molecule has 0 radical (unpaired) electrons. The van der Waals surface area contributed by atoms with Crippen LogP contribution in [0.3, 0.4) is 0 Å². The summed E-state index contributed by atoms with van der Waals surface area (Å²) < 4.78 is 0. The first-order chi connectivity index (χ1) is 7.72. The summed E-state index contributed by atoms with van der Waals surface area (Å²) in [5.41, 5.74) is 3.24. The fourth-order valence-corrected chi connectivity index (χ4v) is 2.57. The van der Waals surface area contributed by atoms with E-state index in [-0.39, 0.29) is 5.78 Å². The Kier molecular flexibility index (Phi) is 3.62. The largest absolute Gasteiger partial charge is 0.313 e. The highest BCUT2D eigenvalue weighted by Crippen LogP contribution is 2.29. The number of carbonyl (C=O) groups excluding carboxylic acids is 1. The molecule has 1 aromatic carbocycles. The Bertz CT molecular complexity index is 415. The fraction of sp³-hybridized carbons (Fsp3) is 0.462. The summed E-state index contributed by atoms with van der Waals surface area (Å²) in [5, 5.41) is 3.63. The predicted octanol–water partition coefficient (Wildman–Crippen LogP) is 2.62. The maximum Gasteiger partial charge on any atom is 0.176 e. The average Bonchev–Trinajstić information content (AvgIpc) is 2.29. The zero-order valence-corrected chi connectivity index (χ0v) is 10.2. The molecule has 0 amide bonds. The molecule has 0 unspecified atom stereocenters. The molecule has 0 saturated heterocycles. The molecular weight excluding hydrogens is 222 g/mol. The fourth-order valence-electron chi connectivity index (χ4n) is 2.24. The van der Waals surface area contributed by atoms with Crippen LogP contribution >= 0.6 is 11.6 Å². The minimum Gasteiger partial charge on any atom is -0.313 e. The van der Waals surface area contributed by atoms with Gasteiger partial charge >= 0.3 is 0 Å². The van der Waals surface area contributed by atoms with Crippen molar-refractivity contribution in [2.24, 2.45) is 0 Å². The topological polar surface area (TPSA) is 29.1 Å². The Morgan fingerprint density at radius 2 is 2.12 bits per heavy atom. The van der Waals surface area contributed by atoms with E-state index in [1.54, 1.807) is 7.05 Å². The van der Waals surface area contributed by atoms with Gasteiger partial charge in [-0.2, -0.15) is 0 Å². The molecule has 0 fully saturated rings. The number of carbonyl (C=O) groups is 1.